The van der Waals surface area contributed by atoms with Crippen LogP contribution in [0.3, 0.4) is 0 Å². The van der Waals surface area contributed by atoms with Gasteiger partial charge in [-0.2, -0.15) is 0 Å². The lowest BCUT2D eigenvalue weighted by atomic mass is 9.96. The zero-order valence-electron chi connectivity index (χ0n) is 34.6. The number of aromatic carboxylic acids is 2. The molecule has 55 heavy (non-hydrogen) atoms. The van der Waals surface area contributed by atoms with Gasteiger partial charge in [0.25, 0.3) is 0 Å². The second-order valence-corrected chi connectivity index (χ2v) is 34.4. The number of carboxylic acids is 2. The second-order valence-electron chi connectivity index (χ2n) is 16.5. The minimum absolute atomic E-state index is 0.0471. The molecule has 2 N–H and O–H groups in total. The average molecular weight is 837 g/mol. The maximum Gasteiger partial charge on any atom is 0.339 e. The molecule has 0 aliphatic carbocycles. The van der Waals surface area contributed by atoms with E-state index in [4.69, 9.17) is 27.2 Å². The zero-order valence-corrected chi connectivity index (χ0v) is 38.6. The summed E-state index contributed by atoms with van der Waals surface area (Å²) in [6.45, 7) is 23.4. The number of unbranched alkanes of at least 4 members (excludes halogenated alkanes) is 1. The highest BCUT2D eigenvalue weighted by atomic mass is 28.4. The summed E-state index contributed by atoms with van der Waals surface area (Å²) < 4.78 is 35.0. The largest absolute Gasteiger partial charge is 0.478 e. The molecular weight excluding hydrogens is 773 g/mol. The molecule has 0 aliphatic rings. The normalized spacial score (nSPS) is 12.4. The first-order chi connectivity index (χ1) is 25.6. The van der Waals surface area contributed by atoms with Crippen LogP contribution in [0.5, 0.6) is 0 Å². The third-order valence-corrected chi connectivity index (χ3v) is 22.4. The topological polar surface area (TPSA) is 164 Å². The third-order valence-electron chi connectivity index (χ3n) is 8.60. The monoisotopic (exact) mass is 836 g/mol. The lowest BCUT2D eigenvalue weighted by molar-refractivity contribution is 0.0309. The van der Waals surface area contributed by atoms with Crippen molar-refractivity contribution in [3.05, 3.63) is 58.7 Å². The molecule has 2 rings (SSSR count). The van der Waals surface area contributed by atoms with Crippen molar-refractivity contribution in [2.75, 3.05) is 39.6 Å². The van der Waals surface area contributed by atoms with Gasteiger partial charge in [-0.15, -0.1) is 0 Å². The predicted molar refractivity (Wildman–Crippen MR) is 225 cm³/mol. The first kappa shape index (κ1) is 48.2. The Bertz CT molecular complexity index is 1590. The van der Waals surface area contributed by atoms with Crippen LogP contribution in [0.2, 0.25) is 77.1 Å². The van der Waals surface area contributed by atoms with Crippen molar-refractivity contribution in [2.24, 2.45) is 0 Å². The van der Waals surface area contributed by atoms with E-state index in [1.165, 1.54) is 55.3 Å². The van der Waals surface area contributed by atoms with E-state index in [9.17, 15) is 29.4 Å². The van der Waals surface area contributed by atoms with E-state index in [0.29, 0.717) is 24.3 Å². The van der Waals surface area contributed by atoms with Gasteiger partial charge in [-0.1, -0.05) is 31.9 Å². The van der Waals surface area contributed by atoms with Gasteiger partial charge in [0.05, 0.1) is 35.5 Å². The highest BCUT2D eigenvalue weighted by Gasteiger charge is 2.32. The molecule has 0 radical (unpaired) electrons. The molecule has 0 unspecified atom stereocenters. The Hall–Kier alpha value is -2.97. The summed E-state index contributed by atoms with van der Waals surface area (Å²) in [6.07, 6.45) is 4.02. The number of carbonyl (C=O) groups excluding carboxylic acids is 2. The minimum atomic E-state index is -1.82. The number of hydrogen-bond donors (Lipinski definition) is 2. The van der Waals surface area contributed by atoms with Crippen molar-refractivity contribution in [2.45, 2.75) is 110 Å². The van der Waals surface area contributed by atoms with Crippen LogP contribution in [0.15, 0.2) is 36.4 Å². The Labute approximate surface area is 331 Å². The summed E-state index contributed by atoms with van der Waals surface area (Å²) in [6, 6.07) is 11.3. The van der Waals surface area contributed by atoms with Crippen LogP contribution in [-0.2, 0) is 27.2 Å². The molecule has 0 fully saturated rings. The fourth-order valence-electron chi connectivity index (χ4n) is 6.44. The van der Waals surface area contributed by atoms with Gasteiger partial charge < -0.3 is 37.4 Å². The van der Waals surface area contributed by atoms with Gasteiger partial charge in [0.15, 0.2) is 33.3 Å². The van der Waals surface area contributed by atoms with Crippen molar-refractivity contribution >= 4 is 57.1 Å². The molecule has 2 aromatic carbocycles. The fourth-order valence-corrected chi connectivity index (χ4v) is 23.5. The van der Waals surface area contributed by atoms with Crippen LogP contribution in [0.25, 0.3) is 11.1 Å². The molecular formula is C39H64O12Si4. The smallest absolute Gasteiger partial charge is 0.339 e. The van der Waals surface area contributed by atoms with Crippen molar-refractivity contribution < 1.29 is 56.6 Å². The molecule has 0 heterocycles. The van der Waals surface area contributed by atoms with E-state index in [0.717, 1.165) is 24.9 Å². The number of carbonyl (C=O) groups is 4. The third kappa shape index (κ3) is 18.2. The number of hydrogen-bond acceptors (Lipinski definition) is 10. The van der Waals surface area contributed by atoms with Crippen LogP contribution in [0.4, 0.5) is 0 Å². The lowest BCUT2D eigenvalue weighted by Gasteiger charge is -2.34. The number of carboxylic acid groups (broad SMARTS) is 2. The van der Waals surface area contributed by atoms with Crippen molar-refractivity contribution in [1.82, 2.24) is 0 Å². The van der Waals surface area contributed by atoms with E-state index in [2.05, 4.69) is 65.8 Å². The molecule has 0 aliphatic heterocycles. The molecule has 0 saturated heterocycles. The Morgan fingerprint density at radius 3 is 1.38 bits per heavy atom. The molecule has 16 heteroatoms. The molecule has 2 aromatic rings. The first-order valence-corrected chi connectivity index (χ1v) is 32.0. The van der Waals surface area contributed by atoms with Gasteiger partial charge >= 0.3 is 23.9 Å². The van der Waals surface area contributed by atoms with Crippen molar-refractivity contribution in [1.29, 1.82) is 0 Å². The van der Waals surface area contributed by atoms with Gasteiger partial charge in [0, 0.05) is 13.2 Å². The molecule has 0 amide bonds. The molecule has 0 spiro atoms. The summed E-state index contributed by atoms with van der Waals surface area (Å²) in [7, 11) is -6.90. The Balaban J connectivity index is 1.96. The van der Waals surface area contributed by atoms with Crippen LogP contribution >= 0.6 is 0 Å². The fraction of sp³-hybridized carbons (Fsp3) is 0.590. The maximum absolute atomic E-state index is 13.0. The first-order valence-electron chi connectivity index (χ1n) is 19.2. The highest BCUT2D eigenvalue weighted by Crippen LogP contribution is 2.27. The van der Waals surface area contributed by atoms with Crippen LogP contribution in [0, 0.1) is 0 Å². The summed E-state index contributed by atoms with van der Waals surface area (Å²) in [5.74, 6) is -4.34. The maximum atomic E-state index is 13.0. The Morgan fingerprint density at radius 1 is 0.509 bits per heavy atom. The Morgan fingerprint density at radius 2 is 0.927 bits per heavy atom. The SMILES string of the molecule is CCCC[Si](C)(C)O[Si](C)(C)CCCOCCOC(=O)c1ccc(-c2ccc(C(=O)O)c(C(=O)OCCOCCC[Si](C)(C)O[Si](C)(C)C)c2)cc1C(=O)O. The molecule has 308 valence electrons. The number of esters is 2. The molecule has 0 bridgehead atoms. The predicted octanol–water partition coefficient (Wildman–Crippen LogP) is 9.16. The van der Waals surface area contributed by atoms with Crippen LogP contribution in [0.1, 0.15) is 74.0 Å². The molecule has 0 atom stereocenters. The average Bonchev–Trinajstić information content (AvgIpc) is 3.07. The highest BCUT2D eigenvalue weighted by molar-refractivity contribution is 6.85. The number of ether oxygens (including phenoxy) is 4. The standard InChI is InChI=1S/C39H64O12Si4/c1-11-12-25-54(7,8)51-55(9,10)27-14-20-47-21-23-48-38(44)33-18-16-30(28-34(33)37(42)43)31-15-17-32(36(40)41)35(29-31)39(45)49-24-22-46-19-13-26-53(5,6)50-52(2,3)4/h15-18,28-29H,11-14,19-27H2,1-10H3,(H,40,41)(H,42,43). The lowest BCUT2D eigenvalue weighted by Crippen LogP contribution is -2.44. The number of rotatable bonds is 26. The van der Waals surface area contributed by atoms with Gasteiger partial charge in [0.1, 0.15) is 13.2 Å². The van der Waals surface area contributed by atoms with Crippen molar-refractivity contribution in [3.63, 3.8) is 0 Å². The number of benzene rings is 2. The van der Waals surface area contributed by atoms with E-state index >= 15 is 0 Å². The summed E-state index contributed by atoms with van der Waals surface area (Å²) in [4.78, 5) is 50.1. The quantitative estimate of drug-likeness (QED) is 0.0526. The van der Waals surface area contributed by atoms with Gasteiger partial charge in [-0.05, 0) is 125 Å². The molecule has 0 saturated carbocycles. The van der Waals surface area contributed by atoms with Crippen LogP contribution < -0.4 is 0 Å². The van der Waals surface area contributed by atoms with Crippen LogP contribution in [-0.4, -0.2) is 107 Å². The molecule has 12 nitrogen and oxygen atoms in total. The molecule has 0 aromatic heterocycles. The minimum Gasteiger partial charge on any atom is -0.478 e. The van der Waals surface area contributed by atoms with Gasteiger partial charge in [-0.25, -0.2) is 19.2 Å². The van der Waals surface area contributed by atoms with Gasteiger partial charge in [-0.3, -0.25) is 0 Å². The zero-order chi connectivity index (χ0) is 41.5. The second kappa shape index (κ2) is 22.1. The summed E-state index contributed by atoms with van der Waals surface area (Å²) in [5.41, 5.74) is -0.201. The van der Waals surface area contributed by atoms with Gasteiger partial charge in [0.2, 0.25) is 0 Å². The van der Waals surface area contributed by atoms with E-state index in [1.54, 1.807) is 0 Å². The summed E-state index contributed by atoms with van der Waals surface area (Å²) >= 11 is 0. The van der Waals surface area contributed by atoms with E-state index in [1.807, 2.05) is 0 Å². The van der Waals surface area contributed by atoms with E-state index in [-0.39, 0.29) is 48.7 Å². The summed E-state index contributed by atoms with van der Waals surface area (Å²) in [5, 5.41) is 19.7. The van der Waals surface area contributed by atoms with Crippen molar-refractivity contribution in [3.8, 4) is 11.1 Å². The Kier molecular flexibility index (Phi) is 19.4. The van der Waals surface area contributed by atoms with E-state index < -0.39 is 57.1 Å².